The van der Waals surface area contributed by atoms with Crippen LogP contribution in [0.3, 0.4) is 0 Å². The van der Waals surface area contributed by atoms with Gasteiger partial charge >= 0.3 is 0 Å². The SMILES string of the molecule is Cc1[nH]c2ccccc2c1C(CN)c1cc(-c2ccccc2)nn1C. The summed E-state index contributed by atoms with van der Waals surface area (Å²) in [5.41, 5.74) is 13.0. The van der Waals surface area contributed by atoms with Gasteiger partial charge in [-0.25, -0.2) is 0 Å². The van der Waals surface area contributed by atoms with E-state index < -0.39 is 0 Å². The van der Waals surface area contributed by atoms with Crippen LogP contribution in [-0.2, 0) is 7.05 Å². The Morgan fingerprint density at radius 3 is 2.56 bits per heavy atom. The average Bonchev–Trinajstić information content (AvgIpc) is 3.18. The third-order valence-corrected chi connectivity index (χ3v) is 4.87. The van der Waals surface area contributed by atoms with Crippen LogP contribution in [0.5, 0.6) is 0 Å². The van der Waals surface area contributed by atoms with Gasteiger partial charge in [0.15, 0.2) is 0 Å². The summed E-state index contributed by atoms with van der Waals surface area (Å²) in [6, 6.07) is 20.8. The van der Waals surface area contributed by atoms with Crippen LogP contribution in [0.2, 0.25) is 0 Å². The number of hydrogen-bond donors (Lipinski definition) is 2. The Balaban J connectivity index is 1.84. The number of nitrogens with one attached hydrogen (secondary N) is 1. The lowest BCUT2D eigenvalue weighted by molar-refractivity contribution is 0.665. The number of aromatic nitrogens is 3. The Labute approximate surface area is 147 Å². The van der Waals surface area contributed by atoms with Crippen molar-refractivity contribution in [3.05, 3.63) is 77.6 Å². The van der Waals surface area contributed by atoms with Gasteiger partial charge in [-0.3, -0.25) is 4.68 Å². The minimum atomic E-state index is 0.103. The van der Waals surface area contributed by atoms with Gasteiger partial charge in [0, 0.05) is 47.4 Å². The molecule has 0 aliphatic rings. The smallest absolute Gasteiger partial charge is 0.0926 e. The van der Waals surface area contributed by atoms with Crippen molar-refractivity contribution in [3.63, 3.8) is 0 Å². The Hall–Kier alpha value is -2.85. The normalized spacial score (nSPS) is 12.6. The van der Waals surface area contributed by atoms with Gasteiger partial charge in [-0.1, -0.05) is 48.5 Å². The maximum atomic E-state index is 6.22. The third-order valence-electron chi connectivity index (χ3n) is 4.87. The highest BCUT2D eigenvalue weighted by molar-refractivity contribution is 5.85. The number of fused-ring (bicyclic) bond motifs is 1. The summed E-state index contributed by atoms with van der Waals surface area (Å²) in [6.07, 6.45) is 0. The van der Waals surface area contributed by atoms with E-state index in [4.69, 9.17) is 10.8 Å². The molecule has 0 fully saturated rings. The fourth-order valence-electron chi connectivity index (χ4n) is 3.69. The van der Waals surface area contributed by atoms with Crippen molar-refractivity contribution in [3.8, 4) is 11.3 Å². The lowest BCUT2D eigenvalue weighted by atomic mass is 9.92. The minimum Gasteiger partial charge on any atom is -0.358 e. The first kappa shape index (κ1) is 15.7. The lowest BCUT2D eigenvalue weighted by Crippen LogP contribution is -2.17. The number of nitrogens with zero attached hydrogens (tertiary/aromatic N) is 2. The van der Waals surface area contributed by atoms with Crippen LogP contribution in [0.1, 0.15) is 22.9 Å². The fourth-order valence-corrected chi connectivity index (χ4v) is 3.69. The second-order valence-corrected chi connectivity index (χ2v) is 6.44. The quantitative estimate of drug-likeness (QED) is 0.595. The van der Waals surface area contributed by atoms with E-state index in [0.717, 1.165) is 22.5 Å². The van der Waals surface area contributed by atoms with Gasteiger partial charge in [0.05, 0.1) is 5.69 Å². The summed E-state index contributed by atoms with van der Waals surface area (Å²) >= 11 is 0. The van der Waals surface area contributed by atoms with Crippen LogP contribution in [0.15, 0.2) is 60.7 Å². The van der Waals surface area contributed by atoms with Gasteiger partial charge in [0.2, 0.25) is 0 Å². The van der Waals surface area contributed by atoms with E-state index in [0.29, 0.717) is 6.54 Å². The van der Waals surface area contributed by atoms with Gasteiger partial charge < -0.3 is 10.7 Å². The van der Waals surface area contributed by atoms with Gasteiger partial charge in [-0.15, -0.1) is 0 Å². The van der Waals surface area contributed by atoms with Crippen molar-refractivity contribution < 1.29 is 0 Å². The monoisotopic (exact) mass is 330 g/mol. The molecule has 25 heavy (non-hydrogen) atoms. The van der Waals surface area contributed by atoms with Crippen molar-refractivity contribution in [2.45, 2.75) is 12.8 Å². The Bertz CT molecular complexity index is 1010. The fraction of sp³-hybridized carbons (Fsp3) is 0.190. The zero-order valence-corrected chi connectivity index (χ0v) is 14.5. The lowest BCUT2D eigenvalue weighted by Gasteiger charge is -2.16. The molecule has 2 aromatic heterocycles. The first-order valence-electron chi connectivity index (χ1n) is 8.55. The number of rotatable bonds is 4. The molecule has 0 saturated carbocycles. The van der Waals surface area contributed by atoms with E-state index in [9.17, 15) is 0 Å². The second-order valence-electron chi connectivity index (χ2n) is 6.44. The second kappa shape index (κ2) is 6.22. The van der Waals surface area contributed by atoms with Crippen molar-refractivity contribution in [1.82, 2.24) is 14.8 Å². The standard InChI is InChI=1S/C21H22N4/c1-14-21(16-10-6-7-11-18(16)23-14)17(13-22)20-12-19(24-25(20)2)15-8-4-3-5-9-15/h3-12,17,23H,13,22H2,1-2H3. The molecule has 2 heterocycles. The first-order valence-corrected chi connectivity index (χ1v) is 8.55. The van der Waals surface area contributed by atoms with Gasteiger partial charge in [-0.2, -0.15) is 5.10 Å². The summed E-state index contributed by atoms with van der Waals surface area (Å²) < 4.78 is 1.96. The van der Waals surface area contributed by atoms with Crippen LogP contribution in [0.25, 0.3) is 22.2 Å². The van der Waals surface area contributed by atoms with Gasteiger partial charge in [0.25, 0.3) is 0 Å². The van der Waals surface area contributed by atoms with Gasteiger partial charge in [0.1, 0.15) is 0 Å². The highest BCUT2D eigenvalue weighted by Gasteiger charge is 2.23. The highest BCUT2D eigenvalue weighted by atomic mass is 15.3. The topological polar surface area (TPSA) is 59.6 Å². The third kappa shape index (κ3) is 2.65. The molecule has 4 nitrogen and oxygen atoms in total. The van der Waals surface area contributed by atoms with Crippen LogP contribution in [-0.4, -0.2) is 21.3 Å². The summed E-state index contributed by atoms with van der Waals surface area (Å²) in [5, 5.41) is 5.95. The molecule has 4 rings (SSSR count). The highest BCUT2D eigenvalue weighted by Crippen LogP contribution is 2.34. The van der Waals surface area contributed by atoms with Crippen LogP contribution < -0.4 is 5.73 Å². The van der Waals surface area contributed by atoms with Crippen molar-refractivity contribution in [1.29, 1.82) is 0 Å². The molecule has 0 aliphatic heterocycles. The van der Waals surface area contributed by atoms with Crippen LogP contribution in [0, 0.1) is 6.92 Å². The predicted molar refractivity (Wildman–Crippen MR) is 103 cm³/mol. The van der Waals surface area contributed by atoms with E-state index in [2.05, 4.69) is 54.4 Å². The first-order chi connectivity index (χ1) is 12.2. The molecular formula is C21H22N4. The Kier molecular flexibility index (Phi) is 3.90. The van der Waals surface area contributed by atoms with Crippen molar-refractivity contribution in [2.24, 2.45) is 12.8 Å². The molecule has 0 bridgehead atoms. The summed E-state index contributed by atoms with van der Waals surface area (Å²) in [4.78, 5) is 3.48. The zero-order valence-electron chi connectivity index (χ0n) is 14.5. The molecule has 0 radical (unpaired) electrons. The number of para-hydroxylation sites is 1. The molecule has 4 heteroatoms. The van der Waals surface area contributed by atoms with Crippen LogP contribution >= 0.6 is 0 Å². The number of hydrogen-bond acceptors (Lipinski definition) is 2. The molecule has 0 aliphatic carbocycles. The molecule has 3 N–H and O–H groups in total. The summed E-state index contributed by atoms with van der Waals surface area (Å²) in [6.45, 7) is 2.66. The molecular weight excluding hydrogens is 308 g/mol. The largest absolute Gasteiger partial charge is 0.358 e. The van der Waals surface area contributed by atoms with E-state index in [1.165, 1.54) is 16.6 Å². The van der Waals surface area contributed by atoms with Crippen LogP contribution in [0.4, 0.5) is 0 Å². The summed E-state index contributed by atoms with van der Waals surface area (Å²) in [7, 11) is 1.99. The van der Waals surface area contributed by atoms with Crippen molar-refractivity contribution >= 4 is 10.9 Å². The zero-order chi connectivity index (χ0) is 17.4. The number of benzene rings is 2. The van der Waals surface area contributed by atoms with Crippen molar-refractivity contribution in [2.75, 3.05) is 6.54 Å². The minimum absolute atomic E-state index is 0.103. The molecule has 1 atom stereocenters. The van der Waals surface area contributed by atoms with E-state index >= 15 is 0 Å². The van der Waals surface area contributed by atoms with E-state index in [-0.39, 0.29) is 5.92 Å². The number of H-pyrrole nitrogens is 1. The molecule has 0 spiro atoms. The molecule has 2 aromatic carbocycles. The molecule has 0 saturated heterocycles. The Morgan fingerprint density at radius 1 is 1.08 bits per heavy atom. The molecule has 1 unspecified atom stereocenters. The molecule has 0 amide bonds. The maximum absolute atomic E-state index is 6.22. The number of nitrogens with two attached hydrogens (primary N) is 1. The Morgan fingerprint density at radius 2 is 1.80 bits per heavy atom. The van der Waals surface area contributed by atoms with E-state index in [1.54, 1.807) is 0 Å². The van der Waals surface area contributed by atoms with Gasteiger partial charge in [-0.05, 0) is 24.6 Å². The predicted octanol–water partition coefficient (Wildman–Crippen LogP) is 3.97. The molecule has 126 valence electrons. The van der Waals surface area contributed by atoms with E-state index in [1.807, 2.05) is 29.9 Å². The number of aryl methyl sites for hydroxylation is 2. The summed E-state index contributed by atoms with van der Waals surface area (Å²) in [5.74, 6) is 0.103. The maximum Gasteiger partial charge on any atom is 0.0926 e. The molecule has 4 aromatic rings. The number of aromatic amines is 1. The average molecular weight is 330 g/mol.